The van der Waals surface area contributed by atoms with E-state index in [9.17, 15) is 0 Å². The molecule has 0 N–H and O–H groups in total. The van der Waals surface area contributed by atoms with E-state index >= 15 is 0 Å². The summed E-state index contributed by atoms with van der Waals surface area (Å²) in [5.74, 6) is 0. The van der Waals surface area contributed by atoms with Crippen molar-refractivity contribution < 1.29 is 0 Å². The Hall–Kier alpha value is -5.28. The smallest absolute Gasteiger partial charge is 0.0540 e. The molecule has 0 fully saturated rings. The van der Waals surface area contributed by atoms with Crippen LogP contribution in [-0.2, 0) is 0 Å². The van der Waals surface area contributed by atoms with Crippen LogP contribution in [0.5, 0.6) is 0 Å². The highest BCUT2D eigenvalue weighted by Crippen LogP contribution is 2.49. The van der Waals surface area contributed by atoms with E-state index in [1.807, 2.05) is 22.7 Å². The Labute approximate surface area is 274 Å². The van der Waals surface area contributed by atoms with Crippen LogP contribution >= 0.6 is 22.7 Å². The van der Waals surface area contributed by atoms with Crippen molar-refractivity contribution in [3.63, 3.8) is 0 Å². The maximum Gasteiger partial charge on any atom is 0.0540 e. The first kappa shape index (κ1) is 26.0. The molecule has 0 bridgehead atoms. The second kappa shape index (κ2) is 10.1. The molecule has 46 heavy (non-hydrogen) atoms. The van der Waals surface area contributed by atoms with Crippen molar-refractivity contribution in [2.24, 2.45) is 0 Å². The van der Waals surface area contributed by atoms with E-state index in [2.05, 4.69) is 158 Å². The monoisotopic (exact) mass is 618 g/mol. The fourth-order valence-electron chi connectivity index (χ4n) is 7.47. The molecule has 214 valence electrons. The quantitative estimate of drug-likeness (QED) is 0.173. The molecule has 0 unspecified atom stereocenters. The van der Waals surface area contributed by atoms with Crippen LogP contribution in [0, 0.1) is 0 Å². The molecule has 0 radical (unpaired) electrons. The number of rotatable bonds is 3. The Morgan fingerprint density at radius 1 is 0.304 bits per heavy atom. The molecule has 0 aliphatic carbocycles. The van der Waals surface area contributed by atoms with Gasteiger partial charge in [-0.25, -0.2) is 0 Å². The van der Waals surface area contributed by atoms with E-state index in [0.29, 0.717) is 0 Å². The van der Waals surface area contributed by atoms with Gasteiger partial charge in [-0.1, -0.05) is 140 Å². The summed E-state index contributed by atoms with van der Waals surface area (Å²) >= 11 is 3.85. The summed E-state index contributed by atoms with van der Waals surface area (Å²) in [6, 6.07) is 58.1. The molecule has 0 atom stereocenters. The second-order valence-corrected chi connectivity index (χ2v) is 14.1. The van der Waals surface area contributed by atoms with Gasteiger partial charge in [-0.05, 0) is 73.1 Å². The summed E-state index contributed by atoms with van der Waals surface area (Å²) in [4.78, 5) is 0. The van der Waals surface area contributed by atoms with Gasteiger partial charge in [0.25, 0.3) is 0 Å². The van der Waals surface area contributed by atoms with E-state index in [1.54, 1.807) is 0 Å². The molecule has 0 amide bonds. The van der Waals surface area contributed by atoms with Gasteiger partial charge in [-0.3, -0.25) is 0 Å². The molecule has 2 heterocycles. The summed E-state index contributed by atoms with van der Waals surface area (Å²) in [6.45, 7) is 0. The Morgan fingerprint density at radius 2 is 0.739 bits per heavy atom. The topological polar surface area (TPSA) is 0 Å². The van der Waals surface area contributed by atoms with Gasteiger partial charge in [0.15, 0.2) is 0 Å². The van der Waals surface area contributed by atoms with E-state index < -0.39 is 0 Å². The predicted octanol–water partition coefficient (Wildman–Crippen LogP) is 13.7. The van der Waals surface area contributed by atoms with E-state index in [0.717, 1.165) is 0 Å². The molecular weight excluding hydrogens is 593 g/mol. The van der Waals surface area contributed by atoms with Gasteiger partial charge in [0.1, 0.15) is 0 Å². The Bertz CT molecular complexity index is 2720. The minimum Gasteiger partial charge on any atom is -0.134 e. The molecule has 0 aliphatic rings. The molecule has 0 spiro atoms. The van der Waals surface area contributed by atoms with Crippen LogP contribution in [0.1, 0.15) is 0 Å². The SMILES string of the molecule is c1ccc(-c2c3ccccc3c(-c3ccc(-c4cc5c6ccccc6sc5c5sc6ccccc6c45)cc3)c3ccccc23)cc1. The zero-order valence-electron chi connectivity index (χ0n) is 24.8. The summed E-state index contributed by atoms with van der Waals surface area (Å²) < 4.78 is 5.49. The molecule has 10 aromatic rings. The van der Waals surface area contributed by atoms with Crippen molar-refractivity contribution in [1.29, 1.82) is 0 Å². The lowest BCUT2D eigenvalue weighted by Crippen LogP contribution is -1.90. The van der Waals surface area contributed by atoms with Crippen LogP contribution in [0.4, 0.5) is 0 Å². The summed E-state index contributed by atoms with van der Waals surface area (Å²) in [6.07, 6.45) is 0. The highest BCUT2D eigenvalue weighted by molar-refractivity contribution is 7.33. The largest absolute Gasteiger partial charge is 0.134 e. The maximum absolute atomic E-state index is 2.45. The molecule has 8 aromatic carbocycles. The normalized spacial score (nSPS) is 11.9. The van der Waals surface area contributed by atoms with E-state index in [4.69, 9.17) is 0 Å². The number of thiophene rings is 2. The minimum absolute atomic E-state index is 1.24. The molecule has 0 nitrogen and oxygen atoms in total. The second-order valence-electron chi connectivity index (χ2n) is 12.0. The zero-order valence-corrected chi connectivity index (χ0v) is 26.5. The fourth-order valence-corrected chi connectivity index (χ4v) is 10.0. The lowest BCUT2D eigenvalue weighted by molar-refractivity contribution is 1.64. The predicted molar refractivity (Wildman–Crippen MR) is 204 cm³/mol. The van der Waals surface area contributed by atoms with Crippen molar-refractivity contribution >= 4 is 84.6 Å². The third kappa shape index (κ3) is 3.78. The Balaban J connectivity index is 1.23. The average molecular weight is 619 g/mol. The standard InChI is InChI=1S/C44H26S2/c1-2-12-28(13-3-1)40-31-15-4-6-17-33(31)41(34-18-7-5-16-32(34)40)29-24-22-27(23-25-29)36-26-37-30-14-8-10-20-38(30)45-43(37)44-42(36)35-19-9-11-21-39(35)46-44/h1-26H. The number of fused-ring (bicyclic) bond motifs is 9. The van der Waals surface area contributed by atoms with Crippen LogP contribution in [-0.4, -0.2) is 0 Å². The number of benzene rings is 8. The first-order valence-corrected chi connectivity index (χ1v) is 17.3. The molecule has 2 heteroatoms. The Morgan fingerprint density at radius 3 is 1.35 bits per heavy atom. The first-order chi connectivity index (χ1) is 22.8. The zero-order chi connectivity index (χ0) is 30.2. The highest BCUT2D eigenvalue weighted by atomic mass is 32.1. The lowest BCUT2D eigenvalue weighted by atomic mass is 9.85. The van der Waals surface area contributed by atoms with Gasteiger partial charge < -0.3 is 0 Å². The fraction of sp³-hybridized carbons (Fsp3) is 0. The molecular formula is C44H26S2. The van der Waals surface area contributed by atoms with Gasteiger partial charge >= 0.3 is 0 Å². The van der Waals surface area contributed by atoms with Crippen molar-refractivity contribution in [1.82, 2.24) is 0 Å². The maximum atomic E-state index is 2.45. The average Bonchev–Trinajstić information content (AvgIpc) is 3.70. The van der Waals surface area contributed by atoms with E-state index in [-0.39, 0.29) is 0 Å². The Kier molecular flexibility index (Phi) is 5.72. The van der Waals surface area contributed by atoms with Crippen LogP contribution < -0.4 is 0 Å². The number of hydrogen-bond donors (Lipinski definition) is 0. The van der Waals surface area contributed by atoms with Crippen molar-refractivity contribution in [3.8, 4) is 33.4 Å². The third-order valence-electron chi connectivity index (χ3n) is 9.47. The number of hydrogen-bond acceptors (Lipinski definition) is 2. The molecule has 10 rings (SSSR count). The summed E-state index contributed by atoms with van der Waals surface area (Å²) in [5, 5.41) is 10.5. The van der Waals surface area contributed by atoms with E-state index in [1.165, 1.54) is 95.3 Å². The van der Waals surface area contributed by atoms with Crippen LogP contribution in [0.2, 0.25) is 0 Å². The molecule has 0 aliphatic heterocycles. The minimum atomic E-state index is 1.24. The highest BCUT2D eigenvalue weighted by Gasteiger charge is 2.19. The van der Waals surface area contributed by atoms with Gasteiger partial charge in [-0.2, -0.15) is 0 Å². The van der Waals surface area contributed by atoms with Gasteiger partial charge in [-0.15, -0.1) is 22.7 Å². The molecule has 0 saturated heterocycles. The van der Waals surface area contributed by atoms with Crippen molar-refractivity contribution in [3.05, 3.63) is 158 Å². The van der Waals surface area contributed by atoms with Crippen LogP contribution in [0.25, 0.3) is 95.3 Å². The summed E-state index contributed by atoms with van der Waals surface area (Å²) in [5.41, 5.74) is 7.65. The van der Waals surface area contributed by atoms with Gasteiger partial charge in [0.05, 0.1) is 9.40 Å². The molecule has 0 saturated carbocycles. The van der Waals surface area contributed by atoms with Crippen LogP contribution in [0.3, 0.4) is 0 Å². The molecule has 2 aromatic heterocycles. The van der Waals surface area contributed by atoms with Crippen molar-refractivity contribution in [2.75, 3.05) is 0 Å². The van der Waals surface area contributed by atoms with Crippen molar-refractivity contribution in [2.45, 2.75) is 0 Å². The summed E-state index contributed by atoms with van der Waals surface area (Å²) in [7, 11) is 0. The van der Waals surface area contributed by atoms with Crippen LogP contribution in [0.15, 0.2) is 158 Å². The first-order valence-electron chi connectivity index (χ1n) is 15.7. The van der Waals surface area contributed by atoms with Gasteiger partial charge in [0.2, 0.25) is 0 Å². The third-order valence-corrected chi connectivity index (χ3v) is 12.0. The van der Waals surface area contributed by atoms with Gasteiger partial charge in [0, 0.05) is 30.9 Å². The lowest BCUT2D eigenvalue weighted by Gasteiger charge is -2.18.